The fraction of sp³-hybridized carbons (Fsp3) is 0.933. The third kappa shape index (κ3) is 8.35. The highest BCUT2D eigenvalue weighted by atomic mass is 16.6. The number of aliphatic imine (C=N–C) groups is 1. The molecule has 4 atom stereocenters. The first-order valence-electron chi connectivity index (χ1n) is 14.4. The van der Waals surface area contributed by atoms with E-state index in [-0.39, 0.29) is 17.3 Å². The van der Waals surface area contributed by atoms with E-state index in [9.17, 15) is 9.90 Å². The molecule has 0 aromatic rings. The molecule has 0 aliphatic heterocycles. The van der Waals surface area contributed by atoms with Gasteiger partial charge in [-0.05, 0) is 64.2 Å². The number of hydrogen-bond donors (Lipinski definition) is 1. The molecular formula is C30H55NO3. The van der Waals surface area contributed by atoms with Crippen molar-refractivity contribution in [2.75, 3.05) is 0 Å². The van der Waals surface area contributed by atoms with E-state index >= 15 is 0 Å². The van der Waals surface area contributed by atoms with Crippen LogP contribution in [0.4, 0.5) is 0 Å². The van der Waals surface area contributed by atoms with Crippen LogP contribution in [0.15, 0.2) is 4.99 Å². The highest BCUT2D eigenvalue weighted by molar-refractivity contribution is 5.96. The van der Waals surface area contributed by atoms with Crippen LogP contribution >= 0.6 is 0 Å². The molecule has 3 saturated carbocycles. The second kappa shape index (κ2) is 12.9. The first-order valence-corrected chi connectivity index (χ1v) is 14.4. The monoisotopic (exact) mass is 477 g/mol. The number of unbranched alkanes of at least 4 members (excludes halogenated alkanes) is 11. The first-order chi connectivity index (χ1) is 15.9. The lowest BCUT2D eigenvalue weighted by atomic mass is 9.44. The molecule has 34 heavy (non-hydrogen) atoms. The zero-order chi connectivity index (χ0) is 25.4. The SMILES string of the molecule is CCCCCCCCCCCCCC[C@@H](N=C1C[C@@H]2C[C@@H](C2(C)C)[C@]1(C)O)C(=O)OC(C)(C)C. The number of carbonyl (C=O) groups is 1. The summed E-state index contributed by atoms with van der Waals surface area (Å²) in [5.41, 5.74) is -0.470. The maximum absolute atomic E-state index is 13.0. The largest absolute Gasteiger partial charge is 0.458 e. The molecule has 3 fully saturated rings. The number of ether oxygens (including phenoxy) is 1. The topological polar surface area (TPSA) is 58.9 Å². The number of nitrogens with zero attached hydrogens (tertiary/aromatic N) is 1. The predicted molar refractivity (Wildman–Crippen MR) is 143 cm³/mol. The average Bonchev–Trinajstić information content (AvgIpc) is 2.72. The fourth-order valence-corrected chi connectivity index (χ4v) is 6.11. The molecule has 0 aromatic heterocycles. The Bertz CT molecular complexity index is 658. The van der Waals surface area contributed by atoms with Gasteiger partial charge in [0.25, 0.3) is 0 Å². The molecule has 0 aromatic carbocycles. The van der Waals surface area contributed by atoms with Gasteiger partial charge in [0.15, 0.2) is 0 Å². The quantitative estimate of drug-likeness (QED) is 0.192. The molecule has 2 bridgehead atoms. The van der Waals surface area contributed by atoms with Gasteiger partial charge in [-0.25, -0.2) is 4.79 Å². The number of hydrogen-bond acceptors (Lipinski definition) is 4. The van der Waals surface area contributed by atoms with Crippen LogP contribution in [0.3, 0.4) is 0 Å². The highest BCUT2D eigenvalue weighted by Crippen LogP contribution is 2.61. The highest BCUT2D eigenvalue weighted by Gasteiger charge is 2.61. The number of rotatable bonds is 15. The Labute approximate surface area is 210 Å². The Balaban J connectivity index is 1.80. The van der Waals surface area contributed by atoms with Crippen LogP contribution < -0.4 is 0 Å². The number of carbonyl (C=O) groups excluding carboxylic acids is 1. The van der Waals surface area contributed by atoms with Gasteiger partial charge in [0.05, 0.1) is 0 Å². The predicted octanol–water partition coefficient (Wildman–Crippen LogP) is 8.05. The first kappa shape index (κ1) is 29.3. The second-order valence-electron chi connectivity index (χ2n) is 13.0. The van der Waals surface area contributed by atoms with Crippen LogP contribution in [0.2, 0.25) is 0 Å². The minimum Gasteiger partial charge on any atom is -0.458 e. The Morgan fingerprint density at radius 1 is 0.971 bits per heavy atom. The molecule has 0 unspecified atom stereocenters. The van der Waals surface area contributed by atoms with Crippen molar-refractivity contribution in [2.24, 2.45) is 22.2 Å². The van der Waals surface area contributed by atoms with E-state index in [1.165, 1.54) is 64.2 Å². The lowest BCUT2D eigenvalue weighted by Crippen LogP contribution is -2.65. The molecule has 1 N–H and O–H groups in total. The second-order valence-corrected chi connectivity index (χ2v) is 13.0. The van der Waals surface area contributed by atoms with Gasteiger partial charge in [0.1, 0.15) is 17.2 Å². The lowest BCUT2D eigenvalue weighted by molar-refractivity contribution is -0.156. The van der Waals surface area contributed by atoms with Crippen molar-refractivity contribution in [2.45, 2.75) is 162 Å². The standard InChI is InChI=1S/C30H55NO3/c1-8-9-10-11-12-13-14-15-16-17-18-19-20-24(27(32)34-28(2,3)4)31-26-22-23-21-25(29(23,5)6)30(26,7)33/h23-25,33H,8-22H2,1-7H3/t23-,24+,25-,30-/m0/s1. The summed E-state index contributed by atoms with van der Waals surface area (Å²) in [5.74, 6) is 0.545. The summed E-state index contributed by atoms with van der Waals surface area (Å²) in [4.78, 5) is 17.9. The van der Waals surface area contributed by atoms with Crippen molar-refractivity contribution in [1.82, 2.24) is 0 Å². The zero-order valence-electron chi connectivity index (χ0n) is 23.5. The van der Waals surface area contributed by atoms with Crippen molar-refractivity contribution in [3.8, 4) is 0 Å². The van der Waals surface area contributed by atoms with Crippen LogP contribution in [0.1, 0.15) is 145 Å². The van der Waals surface area contributed by atoms with Crippen molar-refractivity contribution >= 4 is 11.7 Å². The lowest BCUT2D eigenvalue weighted by Gasteiger charge is -2.62. The van der Waals surface area contributed by atoms with E-state index in [2.05, 4.69) is 20.8 Å². The Morgan fingerprint density at radius 2 is 1.47 bits per heavy atom. The Kier molecular flexibility index (Phi) is 11.1. The molecule has 3 aliphatic rings. The minimum absolute atomic E-state index is 0.152. The number of fused-ring (bicyclic) bond motifs is 2. The van der Waals surface area contributed by atoms with Crippen LogP contribution in [0, 0.1) is 17.3 Å². The Hall–Kier alpha value is -0.900. The van der Waals surface area contributed by atoms with E-state index < -0.39 is 17.2 Å². The molecule has 4 heteroatoms. The molecule has 0 saturated heterocycles. The van der Waals surface area contributed by atoms with E-state index in [1.807, 2.05) is 27.7 Å². The molecule has 3 rings (SSSR count). The van der Waals surface area contributed by atoms with Crippen molar-refractivity contribution in [1.29, 1.82) is 0 Å². The maximum Gasteiger partial charge on any atom is 0.331 e. The molecule has 198 valence electrons. The summed E-state index contributed by atoms with van der Waals surface area (Å²) in [5, 5.41) is 11.3. The van der Waals surface area contributed by atoms with E-state index in [4.69, 9.17) is 9.73 Å². The summed E-state index contributed by atoms with van der Waals surface area (Å²) >= 11 is 0. The molecule has 0 radical (unpaired) electrons. The average molecular weight is 478 g/mol. The van der Waals surface area contributed by atoms with E-state index in [0.29, 0.717) is 12.3 Å². The van der Waals surface area contributed by atoms with Crippen molar-refractivity contribution in [3.63, 3.8) is 0 Å². The molecule has 0 amide bonds. The third-order valence-electron chi connectivity index (χ3n) is 8.49. The Morgan fingerprint density at radius 3 is 1.91 bits per heavy atom. The summed E-state index contributed by atoms with van der Waals surface area (Å²) in [6.45, 7) is 14.4. The van der Waals surface area contributed by atoms with Gasteiger partial charge < -0.3 is 9.84 Å². The van der Waals surface area contributed by atoms with Gasteiger partial charge in [-0.3, -0.25) is 4.99 Å². The van der Waals surface area contributed by atoms with Gasteiger partial charge >= 0.3 is 5.97 Å². The van der Waals surface area contributed by atoms with Gasteiger partial charge in [0, 0.05) is 5.71 Å². The third-order valence-corrected chi connectivity index (χ3v) is 8.49. The number of esters is 1. The molecule has 0 spiro atoms. The summed E-state index contributed by atoms with van der Waals surface area (Å²) in [6.07, 6.45) is 18.1. The maximum atomic E-state index is 13.0. The smallest absolute Gasteiger partial charge is 0.331 e. The van der Waals surface area contributed by atoms with E-state index in [0.717, 1.165) is 31.4 Å². The van der Waals surface area contributed by atoms with E-state index in [1.54, 1.807) is 0 Å². The molecule has 3 aliphatic carbocycles. The van der Waals surface area contributed by atoms with Gasteiger partial charge in [-0.2, -0.15) is 0 Å². The molecular weight excluding hydrogens is 422 g/mol. The number of aliphatic hydroxyl groups is 1. The van der Waals surface area contributed by atoms with Gasteiger partial charge in [-0.1, -0.05) is 97.8 Å². The van der Waals surface area contributed by atoms with Crippen molar-refractivity contribution < 1.29 is 14.6 Å². The van der Waals surface area contributed by atoms with Crippen molar-refractivity contribution in [3.05, 3.63) is 0 Å². The van der Waals surface area contributed by atoms with Crippen LogP contribution in [0.25, 0.3) is 0 Å². The summed E-state index contributed by atoms with van der Waals surface area (Å²) in [7, 11) is 0. The van der Waals surface area contributed by atoms with Crippen LogP contribution in [0.5, 0.6) is 0 Å². The molecule has 0 heterocycles. The van der Waals surface area contributed by atoms with Gasteiger partial charge in [0.2, 0.25) is 0 Å². The zero-order valence-corrected chi connectivity index (χ0v) is 23.5. The fourth-order valence-electron chi connectivity index (χ4n) is 6.11. The minimum atomic E-state index is -0.922. The van der Waals surface area contributed by atoms with Gasteiger partial charge in [-0.15, -0.1) is 0 Å². The normalized spacial score (nSPS) is 27.9. The van der Waals surface area contributed by atoms with Crippen LogP contribution in [-0.2, 0) is 9.53 Å². The van der Waals surface area contributed by atoms with Crippen LogP contribution in [-0.4, -0.2) is 34.0 Å². The molecule has 4 nitrogen and oxygen atoms in total. The summed E-state index contributed by atoms with van der Waals surface area (Å²) < 4.78 is 5.72. The summed E-state index contributed by atoms with van der Waals surface area (Å²) in [6, 6.07) is -0.496.